The van der Waals surface area contributed by atoms with E-state index in [1.807, 2.05) is 24.3 Å². The van der Waals surface area contributed by atoms with Crippen LogP contribution in [0.3, 0.4) is 0 Å². The third kappa shape index (κ3) is 3.44. The summed E-state index contributed by atoms with van der Waals surface area (Å²) in [6.07, 6.45) is 6.34. The normalized spacial score (nSPS) is 19.2. The Balaban J connectivity index is 2.03. The molecule has 0 amide bonds. The fraction of sp³-hybridized carbons (Fsp3) is 0.571. The number of aliphatic hydroxyl groups excluding tert-OH is 1. The van der Waals surface area contributed by atoms with Crippen LogP contribution in [0.5, 0.6) is 0 Å². The van der Waals surface area contributed by atoms with Crippen LogP contribution < -0.4 is 5.32 Å². The Hall–Kier alpha value is -0.570. The fourth-order valence-corrected chi connectivity index (χ4v) is 2.82. The van der Waals surface area contributed by atoms with Gasteiger partial charge in [-0.3, -0.25) is 0 Å². The first-order chi connectivity index (χ1) is 8.31. The van der Waals surface area contributed by atoms with E-state index in [9.17, 15) is 5.11 Å². The first-order valence-electron chi connectivity index (χ1n) is 6.42. The van der Waals surface area contributed by atoms with E-state index in [-0.39, 0.29) is 12.6 Å². The van der Waals surface area contributed by atoms with Crippen molar-refractivity contribution in [3.8, 4) is 0 Å². The van der Waals surface area contributed by atoms with E-state index >= 15 is 0 Å². The highest BCUT2D eigenvalue weighted by Gasteiger charge is 2.19. The summed E-state index contributed by atoms with van der Waals surface area (Å²) in [4.78, 5) is 0. The lowest BCUT2D eigenvalue weighted by Gasteiger charge is -2.28. The minimum atomic E-state index is -0.0354. The zero-order chi connectivity index (χ0) is 12.1. The van der Waals surface area contributed by atoms with Crippen molar-refractivity contribution >= 4 is 11.6 Å². The van der Waals surface area contributed by atoms with E-state index in [2.05, 4.69) is 5.32 Å². The molecule has 0 heterocycles. The summed E-state index contributed by atoms with van der Waals surface area (Å²) >= 11 is 6.16. The molecule has 2 nitrogen and oxygen atoms in total. The van der Waals surface area contributed by atoms with Gasteiger partial charge in [0, 0.05) is 11.1 Å². The van der Waals surface area contributed by atoms with Crippen LogP contribution in [-0.4, -0.2) is 17.8 Å². The maximum Gasteiger partial charge on any atom is 0.0627 e. The quantitative estimate of drug-likeness (QED) is 0.863. The third-order valence-electron chi connectivity index (χ3n) is 3.51. The molecule has 94 valence electrons. The molecule has 0 aromatic heterocycles. The van der Waals surface area contributed by atoms with Gasteiger partial charge in [0.25, 0.3) is 0 Å². The van der Waals surface area contributed by atoms with Gasteiger partial charge in [-0.25, -0.2) is 0 Å². The van der Waals surface area contributed by atoms with Crippen LogP contribution in [0.25, 0.3) is 0 Å². The van der Waals surface area contributed by atoms with E-state index < -0.39 is 0 Å². The molecular formula is C14H20ClNO. The van der Waals surface area contributed by atoms with Crippen LogP contribution in [-0.2, 0) is 0 Å². The van der Waals surface area contributed by atoms with Crippen molar-refractivity contribution in [1.82, 2.24) is 5.32 Å². The first kappa shape index (κ1) is 12.9. The molecule has 17 heavy (non-hydrogen) atoms. The second-order valence-electron chi connectivity index (χ2n) is 4.76. The van der Waals surface area contributed by atoms with Gasteiger partial charge in [0.1, 0.15) is 0 Å². The lowest BCUT2D eigenvalue weighted by Crippen LogP contribution is -2.36. The summed E-state index contributed by atoms with van der Waals surface area (Å²) in [6.45, 7) is 0.0975. The van der Waals surface area contributed by atoms with E-state index in [1.165, 1.54) is 32.1 Å². The summed E-state index contributed by atoms with van der Waals surface area (Å²) in [5.41, 5.74) is 1.00. The molecule has 0 radical (unpaired) electrons. The molecule has 0 aliphatic heterocycles. The van der Waals surface area contributed by atoms with Crippen LogP contribution in [0, 0.1) is 0 Å². The van der Waals surface area contributed by atoms with Crippen LogP contribution in [0.1, 0.15) is 43.7 Å². The Morgan fingerprint density at radius 3 is 2.59 bits per heavy atom. The Kier molecular flexibility index (Phi) is 4.84. The lowest BCUT2D eigenvalue weighted by molar-refractivity contribution is 0.220. The van der Waals surface area contributed by atoms with Crippen molar-refractivity contribution in [2.45, 2.75) is 44.2 Å². The molecule has 1 aliphatic rings. The van der Waals surface area contributed by atoms with Crippen LogP contribution >= 0.6 is 11.6 Å². The Bertz CT molecular complexity index is 350. The minimum absolute atomic E-state index is 0.0354. The number of nitrogens with one attached hydrogen (secondary N) is 1. The second-order valence-corrected chi connectivity index (χ2v) is 5.17. The molecule has 2 N–H and O–H groups in total. The monoisotopic (exact) mass is 253 g/mol. The van der Waals surface area contributed by atoms with Gasteiger partial charge >= 0.3 is 0 Å². The summed E-state index contributed by atoms with van der Waals surface area (Å²) in [7, 11) is 0. The van der Waals surface area contributed by atoms with Crippen molar-refractivity contribution < 1.29 is 5.11 Å². The number of hydrogen-bond donors (Lipinski definition) is 2. The summed E-state index contributed by atoms with van der Waals surface area (Å²) in [5.74, 6) is 0. The number of benzene rings is 1. The van der Waals surface area contributed by atoms with Gasteiger partial charge in [0.05, 0.1) is 12.6 Å². The molecule has 1 unspecified atom stereocenters. The molecule has 1 fully saturated rings. The Morgan fingerprint density at radius 1 is 1.24 bits per heavy atom. The van der Waals surface area contributed by atoms with Gasteiger partial charge in [-0.05, 0) is 24.5 Å². The second kappa shape index (κ2) is 6.39. The highest BCUT2D eigenvalue weighted by molar-refractivity contribution is 6.31. The smallest absolute Gasteiger partial charge is 0.0627 e. The van der Waals surface area contributed by atoms with Gasteiger partial charge in [-0.2, -0.15) is 0 Å². The van der Waals surface area contributed by atoms with E-state index in [4.69, 9.17) is 11.6 Å². The van der Waals surface area contributed by atoms with Gasteiger partial charge in [-0.1, -0.05) is 49.1 Å². The summed E-state index contributed by atoms with van der Waals surface area (Å²) < 4.78 is 0. The largest absolute Gasteiger partial charge is 0.394 e. The van der Waals surface area contributed by atoms with Gasteiger partial charge in [0.15, 0.2) is 0 Å². The van der Waals surface area contributed by atoms with Gasteiger partial charge < -0.3 is 10.4 Å². The van der Waals surface area contributed by atoms with Crippen molar-refractivity contribution in [1.29, 1.82) is 0 Å². The Morgan fingerprint density at radius 2 is 1.94 bits per heavy atom. The standard InChI is InChI=1S/C14H20ClNO/c15-13-9-5-4-8-12(13)14(10-17)16-11-6-2-1-3-7-11/h4-5,8-9,11,14,16-17H,1-3,6-7,10H2. The molecule has 0 spiro atoms. The predicted molar refractivity (Wildman–Crippen MR) is 71.3 cm³/mol. The molecule has 1 aromatic rings. The molecule has 1 atom stereocenters. The Labute approximate surface area is 108 Å². The molecule has 0 saturated heterocycles. The average Bonchev–Trinajstić information content (AvgIpc) is 2.38. The van der Waals surface area contributed by atoms with E-state index in [0.29, 0.717) is 6.04 Å². The summed E-state index contributed by atoms with van der Waals surface area (Å²) in [5, 5.41) is 13.8. The summed E-state index contributed by atoms with van der Waals surface area (Å²) in [6, 6.07) is 8.23. The van der Waals surface area contributed by atoms with E-state index in [1.54, 1.807) is 0 Å². The van der Waals surface area contributed by atoms with Crippen molar-refractivity contribution in [2.24, 2.45) is 0 Å². The van der Waals surface area contributed by atoms with Crippen molar-refractivity contribution in [3.05, 3.63) is 34.9 Å². The fourth-order valence-electron chi connectivity index (χ4n) is 2.55. The maximum atomic E-state index is 9.51. The zero-order valence-electron chi connectivity index (χ0n) is 10.0. The molecule has 0 bridgehead atoms. The van der Waals surface area contributed by atoms with Crippen LogP contribution in [0.4, 0.5) is 0 Å². The molecule has 3 heteroatoms. The van der Waals surface area contributed by atoms with Gasteiger partial charge in [0.2, 0.25) is 0 Å². The average molecular weight is 254 g/mol. The SMILES string of the molecule is OCC(NC1CCCCC1)c1ccccc1Cl. The molecule has 2 rings (SSSR count). The predicted octanol–water partition coefficient (Wildman–Crippen LogP) is 3.30. The van der Waals surface area contributed by atoms with Crippen LogP contribution in [0.2, 0.25) is 5.02 Å². The molecular weight excluding hydrogens is 234 g/mol. The highest BCUT2D eigenvalue weighted by atomic mass is 35.5. The zero-order valence-corrected chi connectivity index (χ0v) is 10.8. The number of aliphatic hydroxyl groups is 1. The van der Waals surface area contributed by atoms with Crippen molar-refractivity contribution in [2.75, 3.05) is 6.61 Å². The maximum absolute atomic E-state index is 9.51. The minimum Gasteiger partial charge on any atom is -0.394 e. The highest BCUT2D eigenvalue weighted by Crippen LogP contribution is 2.25. The third-order valence-corrected chi connectivity index (χ3v) is 3.85. The molecule has 1 aromatic carbocycles. The first-order valence-corrected chi connectivity index (χ1v) is 6.80. The molecule has 1 aliphatic carbocycles. The number of rotatable bonds is 4. The number of hydrogen-bond acceptors (Lipinski definition) is 2. The van der Waals surface area contributed by atoms with Crippen LogP contribution in [0.15, 0.2) is 24.3 Å². The van der Waals surface area contributed by atoms with Gasteiger partial charge in [-0.15, -0.1) is 0 Å². The lowest BCUT2D eigenvalue weighted by atomic mass is 9.94. The molecule has 1 saturated carbocycles. The van der Waals surface area contributed by atoms with Crippen molar-refractivity contribution in [3.63, 3.8) is 0 Å². The van der Waals surface area contributed by atoms with E-state index in [0.717, 1.165) is 10.6 Å². The number of halogens is 1. The topological polar surface area (TPSA) is 32.3 Å².